The molecular formula is C27H24O3. The average molecular weight is 396 g/mol. The van der Waals surface area contributed by atoms with Crippen LogP contribution in [0.2, 0.25) is 0 Å². The number of ether oxygens (including phenoxy) is 3. The quantitative estimate of drug-likeness (QED) is 0.326. The lowest BCUT2D eigenvalue weighted by molar-refractivity contribution is 0.281. The lowest BCUT2D eigenvalue weighted by Gasteiger charge is -2.13. The van der Waals surface area contributed by atoms with Crippen LogP contribution in [0.1, 0.15) is 16.7 Å². The van der Waals surface area contributed by atoms with Crippen molar-refractivity contribution in [2.75, 3.05) is 0 Å². The van der Waals surface area contributed by atoms with Gasteiger partial charge in [-0.2, -0.15) is 0 Å². The van der Waals surface area contributed by atoms with Crippen LogP contribution < -0.4 is 14.2 Å². The van der Waals surface area contributed by atoms with E-state index in [1.807, 2.05) is 84.9 Å². The summed E-state index contributed by atoms with van der Waals surface area (Å²) in [6.45, 7) is 1.44. The fourth-order valence-corrected chi connectivity index (χ4v) is 3.05. The highest BCUT2D eigenvalue weighted by Gasteiger charge is 2.06. The predicted octanol–water partition coefficient (Wildman–Crippen LogP) is 6.42. The molecule has 0 N–H and O–H groups in total. The monoisotopic (exact) mass is 396 g/mol. The van der Waals surface area contributed by atoms with E-state index in [2.05, 4.69) is 24.3 Å². The van der Waals surface area contributed by atoms with E-state index < -0.39 is 0 Å². The third-order valence-corrected chi connectivity index (χ3v) is 4.59. The highest BCUT2D eigenvalue weighted by atomic mass is 16.5. The Balaban J connectivity index is 1.48. The molecule has 0 aliphatic carbocycles. The van der Waals surface area contributed by atoms with Gasteiger partial charge in [-0.15, -0.1) is 0 Å². The van der Waals surface area contributed by atoms with Gasteiger partial charge in [0.25, 0.3) is 0 Å². The summed E-state index contributed by atoms with van der Waals surface area (Å²) in [5.74, 6) is 2.35. The molecule has 30 heavy (non-hydrogen) atoms. The van der Waals surface area contributed by atoms with Gasteiger partial charge in [0, 0.05) is 6.07 Å². The smallest absolute Gasteiger partial charge is 0.123 e. The van der Waals surface area contributed by atoms with Crippen LogP contribution in [0.3, 0.4) is 0 Å². The van der Waals surface area contributed by atoms with Crippen LogP contribution in [0.15, 0.2) is 109 Å². The molecule has 3 heteroatoms. The molecule has 0 atom stereocenters. The molecule has 150 valence electrons. The molecular weight excluding hydrogens is 372 g/mol. The summed E-state index contributed by atoms with van der Waals surface area (Å²) < 4.78 is 18.0. The van der Waals surface area contributed by atoms with E-state index in [1.54, 1.807) is 0 Å². The van der Waals surface area contributed by atoms with Gasteiger partial charge in [-0.05, 0) is 41.0 Å². The SMILES string of the molecule is c1ccc(COc2cc(COc3ccccc3)cc(OCc3ccccc3)c2)cc1. The van der Waals surface area contributed by atoms with E-state index in [1.165, 1.54) is 0 Å². The Hall–Kier alpha value is -3.72. The first-order valence-electron chi connectivity index (χ1n) is 10.0. The minimum atomic E-state index is 0.439. The van der Waals surface area contributed by atoms with E-state index in [-0.39, 0.29) is 0 Å². The lowest BCUT2D eigenvalue weighted by Crippen LogP contribution is -2.01. The molecule has 4 rings (SSSR count). The Morgan fingerprint density at radius 2 is 0.767 bits per heavy atom. The van der Waals surface area contributed by atoms with Gasteiger partial charge >= 0.3 is 0 Å². The molecule has 0 unspecified atom stereocenters. The Bertz CT molecular complexity index is 882. The molecule has 0 amide bonds. The molecule has 0 radical (unpaired) electrons. The van der Waals surface area contributed by atoms with Gasteiger partial charge in [0.1, 0.15) is 37.1 Å². The van der Waals surface area contributed by atoms with E-state index >= 15 is 0 Å². The molecule has 0 aromatic heterocycles. The van der Waals surface area contributed by atoms with Gasteiger partial charge in [-0.3, -0.25) is 0 Å². The van der Waals surface area contributed by atoms with Crippen molar-refractivity contribution < 1.29 is 14.2 Å². The maximum absolute atomic E-state index is 6.04. The van der Waals surface area contributed by atoms with E-state index in [9.17, 15) is 0 Å². The van der Waals surface area contributed by atoms with Crippen LogP contribution in [-0.2, 0) is 19.8 Å². The predicted molar refractivity (Wildman–Crippen MR) is 119 cm³/mol. The van der Waals surface area contributed by atoms with Gasteiger partial charge < -0.3 is 14.2 Å². The third kappa shape index (κ3) is 5.89. The maximum Gasteiger partial charge on any atom is 0.123 e. The molecule has 4 aromatic carbocycles. The topological polar surface area (TPSA) is 27.7 Å². The van der Waals surface area contributed by atoms with Gasteiger partial charge in [0.05, 0.1) is 0 Å². The largest absolute Gasteiger partial charge is 0.489 e. The van der Waals surface area contributed by atoms with Gasteiger partial charge in [-0.1, -0.05) is 78.9 Å². The summed E-state index contributed by atoms with van der Waals surface area (Å²) in [7, 11) is 0. The summed E-state index contributed by atoms with van der Waals surface area (Å²) in [5.41, 5.74) is 3.23. The second-order valence-corrected chi connectivity index (χ2v) is 6.96. The van der Waals surface area contributed by atoms with Crippen molar-refractivity contribution in [3.63, 3.8) is 0 Å². The summed E-state index contributed by atoms with van der Waals surface area (Å²) in [6, 6.07) is 36.0. The van der Waals surface area contributed by atoms with Crippen molar-refractivity contribution in [2.24, 2.45) is 0 Å². The van der Waals surface area contributed by atoms with Crippen molar-refractivity contribution >= 4 is 0 Å². The first-order valence-corrected chi connectivity index (χ1v) is 10.0. The Labute approximate surface area is 177 Å². The van der Waals surface area contributed by atoms with Crippen LogP contribution in [0, 0.1) is 0 Å². The zero-order chi connectivity index (χ0) is 20.4. The Kier molecular flexibility index (Phi) is 6.64. The molecule has 0 heterocycles. The molecule has 0 aliphatic heterocycles. The van der Waals surface area contributed by atoms with Crippen LogP contribution in [-0.4, -0.2) is 0 Å². The summed E-state index contributed by atoms with van der Waals surface area (Å²) in [6.07, 6.45) is 0. The summed E-state index contributed by atoms with van der Waals surface area (Å²) >= 11 is 0. The molecule has 0 aliphatic rings. The summed E-state index contributed by atoms with van der Waals surface area (Å²) in [5, 5.41) is 0. The molecule has 0 fully saturated rings. The number of rotatable bonds is 9. The standard InChI is InChI=1S/C27H24O3/c1-4-10-22(11-5-1)19-29-26-16-24(21-28-25-14-8-3-9-15-25)17-27(18-26)30-20-23-12-6-2-7-13-23/h1-18H,19-21H2. The minimum Gasteiger partial charge on any atom is -0.489 e. The van der Waals surface area contributed by atoms with E-state index in [0.717, 1.165) is 33.9 Å². The lowest BCUT2D eigenvalue weighted by atomic mass is 10.2. The van der Waals surface area contributed by atoms with Crippen LogP contribution in [0.4, 0.5) is 0 Å². The van der Waals surface area contributed by atoms with Crippen molar-refractivity contribution in [1.29, 1.82) is 0 Å². The van der Waals surface area contributed by atoms with Crippen molar-refractivity contribution in [2.45, 2.75) is 19.8 Å². The molecule has 4 aromatic rings. The first-order chi connectivity index (χ1) is 14.8. The van der Waals surface area contributed by atoms with Crippen molar-refractivity contribution in [3.8, 4) is 17.2 Å². The Morgan fingerprint density at radius 3 is 1.27 bits per heavy atom. The van der Waals surface area contributed by atoms with Crippen LogP contribution in [0.25, 0.3) is 0 Å². The van der Waals surface area contributed by atoms with Gasteiger partial charge in [0.2, 0.25) is 0 Å². The number of para-hydroxylation sites is 1. The molecule has 0 bridgehead atoms. The third-order valence-electron chi connectivity index (χ3n) is 4.59. The average Bonchev–Trinajstić information content (AvgIpc) is 2.82. The molecule has 0 saturated heterocycles. The zero-order valence-corrected chi connectivity index (χ0v) is 16.7. The highest BCUT2D eigenvalue weighted by Crippen LogP contribution is 2.26. The van der Waals surface area contributed by atoms with Crippen molar-refractivity contribution in [3.05, 3.63) is 126 Å². The highest BCUT2D eigenvalue weighted by molar-refractivity contribution is 5.39. The number of hydrogen-bond acceptors (Lipinski definition) is 3. The fourth-order valence-electron chi connectivity index (χ4n) is 3.05. The number of benzene rings is 4. The maximum atomic E-state index is 6.04. The molecule has 0 saturated carbocycles. The fraction of sp³-hybridized carbons (Fsp3) is 0.111. The second kappa shape index (κ2) is 10.2. The van der Waals surface area contributed by atoms with E-state index in [4.69, 9.17) is 14.2 Å². The van der Waals surface area contributed by atoms with Crippen LogP contribution >= 0.6 is 0 Å². The second-order valence-electron chi connectivity index (χ2n) is 6.96. The normalized spacial score (nSPS) is 10.4. The zero-order valence-electron chi connectivity index (χ0n) is 16.7. The van der Waals surface area contributed by atoms with Crippen LogP contribution in [0.5, 0.6) is 17.2 Å². The van der Waals surface area contributed by atoms with Gasteiger partial charge in [-0.25, -0.2) is 0 Å². The van der Waals surface area contributed by atoms with E-state index in [0.29, 0.717) is 19.8 Å². The number of hydrogen-bond donors (Lipinski definition) is 0. The summed E-state index contributed by atoms with van der Waals surface area (Å²) in [4.78, 5) is 0. The molecule has 3 nitrogen and oxygen atoms in total. The van der Waals surface area contributed by atoms with Gasteiger partial charge in [0.15, 0.2) is 0 Å². The first kappa shape index (κ1) is 19.6. The van der Waals surface area contributed by atoms with Crippen molar-refractivity contribution in [1.82, 2.24) is 0 Å². The molecule has 0 spiro atoms. The minimum absolute atomic E-state index is 0.439. The Morgan fingerprint density at radius 1 is 0.367 bits per heavy atom.